The molecule has 0 bridgehead atoms. The van der Waals surface area contributed by atoms with Crippen LogP contribution in [0.3, 0.4) is 0 Å². The minimum Gasteiger partial charge on any atom is -0.377 e. The maximum atomic E-state index is 5.55. The number of nitrogens with one attached hydrogen (secondary N) is 1. The Morgan fingerprint density at radius 1 is 1.53 bits per heavy atom. The van der Waals surface area contributed by atoms with Gasteiger partial charge in [0.25, 0.3) is 0 Å². The molecule has 1 aromatic rings. The first kappa shape index (κ1) is 13.4. The highest BCUT2D eigenvalue weighted by Gasteiger charge is 2.23. The smallest absolute Gasteiger partial charge is 0.0666 e. The molecular formula is C13H21NOS2. The summed E-state index contributed by atoms with van der Waals surface area (Å²) in [5, 5.41) is 8.60. The van der Waals surface area contributed by atoms with E-state index in [1.807, 2.05) is 0 Å². The van der Waals surface area contributed by atoms with E-state index >= 15 is 0 Å². The fourth-order valence-electron chi connectivity index (χ4n) is 2.01. The number of thiophene rings is 1. The molecule has 0 spiro atoms. The highest BCUT2D eigenvalue weighted by Crippen LogP contribution is 2.25. The Morgan fingerprint density at radius 2 is 2.47 bits per heavy atom. The van der Waals surface area contributed by atoms with Crippen molar-refractivity contribution < 1.29 is 4.74 Å². The first-order valence-corrected chi connectivity index (χ1v) is 8.30. The van der Waals surface area contributed by atoms with Crippen LogP contribution >= 0.6 is 23.1 Å². The third-order valence-corrected chi connectivity index (χ3v) is 5.31. The molecule has 1 aromatic heterocycles. The molecule has 96 valence electrons. The van der Waals surface area contributed by atoms with E-state index in [0.717, 1.165) is 26.1 Å². The zero-order valence-corrected chi connectivity index (χ0v) is 12.0. The predicted octanol–water partition coefficient (Wildman–Crippen LogP) is 2.79. The van der Waals surface area contributed by atoms with Gasteiger partial charge in [0.1, 0.15) is 0 Å². The van der Waals surface area contributed by atoms with Gasteiger partial charge in [0.2, 0.25) is 0 Å². The molecule has 0 saturated carbocycles. The van der Waals surface area contributed by atoms with Gasteiger partial charge in [-0.3, -0.25) is 0 Å². The maximum absolute atomic E-state index is 5.55. The maximum Gasteiger partial charge on any atom is 0.0666 e. The molecule has 4 heteroatoms. The molecule has 1 fully saturated rings. The quantitative estimate of drug-likeness (QED) is 0.771. The Balaban J connectivity index is 1.46. The van der Waals surface area contributed by atoms with Gasteiger partial charge in [-0.1, -0.05) is 0 Å². The second kappa shape index (κ2) is 7.41. The Bertz CT molecular complexity index is 302. The monoisotopic (exact) mass is 271 g/mol. The number of thioether (sulfide) groups is 1. The normalized spacial score (nSPS) is 24.3. The van der Waals surface area contributed by atoms with Crippen LogP contribution in [0, 0.1) is 0 Å². The second-order valence-electron chi connectivity index (χ2n) is 4.41. The van der Waals surface area contributed by atoms with Crippen LogP contribution in [0.25, 0.3) is 0 Å². The first-order chi connectivity index (χ1) is 8.36. The Kier molecular flexibility index (Phi) is 5.85. The van der Waals surface area contributed by atoms with Gasteiger partial charge < -0.3 is 10.1 Å². The highest BCUT2D eigenvalue weighted by molar-refractivity contribution is 8.00. The van der Waals surface area contributed by atoms with E-state index < -0.39 is 0 Å². The second-order valence-corrected chi connectivity index (χ2v) is 6.53. The topological polar surface area (TPSA) is 21.3 Å². The molecule has 2 heterocycles. The van der Waals surface area contributed by atoms with Crippen molar-refractivity contribution in [3.05, 3.63) is 22.4 Å². The molecule has 0 aliphatic carbocycles. The summed E-state index contributed by atoms with van der Waals surface area (Å²) in [5.74, 6) is 1.20. The lowest BCUT2D eigenvalue weighted by molar-refractivity contribution is 0.127. The molecule has 1 saturated heterocycles. The number of ether oxygens (including phenoxy) is 1. The van der Waals surface area contributed by atoms with Crippen molar-refractivity contribution in [2.75, 3.05) is 25.4 Å². The molecule has 2 atom stereocenters. The average molecular weight is 271 g/mol. The lowest BCUT2D eigenvalue weighted by Gasteiger charge is -2.13. The van der Waals surface area contributed by atoms with Crippen molar-refractivity contribution >= 4 is 23.1 Å². The van der Waals surface area contributed by atoms with Crippen molar-refractivity contribution in [3.63, 3.8) is 0 Å². The highest BCUT2D eigenvalue weighted by atomic mass is 32.2. The van der Waals surface area contributed by atoms with Gasteiger partial charge in [0.05, 0.1) is 6.10 Å². The summed E-state index contributed by atoms with van der Waals surface area (Å²) in [6.45, 7) is 5.34. The summed E-state index contributed by atoms with van der Waals surface area (Å²) >= 11 is 3.83. The van der Waals surface area contributed by atoms with Crippen LogP contribution in [0.15, 0.2) is 16.8 Å². The number of hydrogen-bond acceptors (Lipinski definition) is 4. The van der Waals surface area contributed by atoms with Gasteiger partial charge in [-0.25, -0.2) is 0 Å². The molecule has 17 heavy (non-hydrogen) atoms. The largest absolute Gasteiger partial charge is 0.377 e. The average Bonchev–Trinajstić information content (AvgIpc) is 2.95. The molecule has 1 aliphatic heterocycles. The van der Waals surface area contributed by atoms with Crippen LogP contribution in [-0.4, -0.2) is 36.8 Å². The molecule has 0 amide bonds. The molecule has 0 radical (unpaired) electrons. The van der Waals surface area contributed by atoms with Crippen molar-refractivity contribution in [1.29, 1.82) is 0 Å². The SMILES string of the molecule is CC1OCCC1SCCNCCc1ccsc1. The summed E-state index contributed by atoms with van der Waals surface area (Å²) < 4.78 is 5.55. The fraction of sp³-hybridized carbons (Fsp3) is 0.692. The van der Waals surface area contributed by atoms with Gasteiger partial charge in [-0.2, -0.15) is 23.1 Å². The molecule has 2 nitrogen and oxygen atoms in total. The van der Waals surface area contributed by atoms with Crippen LogP contribution in [0.4, 0.5) is 0 Å². The fourth-order valence-corrected chi connectivity index (χ4v) is 3.89. The first-order valence-electron chi connectivity index (χ1n) is 6.31. The standard InChI is InChI=1S/C13H21NOS2/c1-11-13(3-7-15-11)17-9-6-14-5-2-12-4-8-16-10-12/h4,8,10-11,13-14H,2-3,5-7,9H2,1H3. The zero-order valence-electron chi connectivity index (χ0n) is 10.4. The predicted molar refractivity (Wildman–Crippen MR) is 77.2 cm³/mol. The van der Waals surface area contributed by atoms with E-state index in [0.29, 0.717) is 11.4 Å². The van der Waals surface area contributed by atoms with E-state index in [1.165, 1.54) is 17.7 Å². The van der Waals surface area contributed by atoms with Gasteiger partial charge in [0, 0.05) is 24.2 Å². The van der Waals surface area contributed by atoms with E-state index in [2.05, 4.69) is 40.8 Å². The summed E-state index contributed by atoms with van der Waals surface area (Å²) in [4.78, 5) is 0. The molecule has 1 N–H and O–H groups in total. The third kappa shape index (κ3) is 4.62. The lowest BCUT2D eigenvalue weighted by atomic mass is 10.2. The van der Waals surface area contributed by atoms with Crippen LogP contribution in [0.1, 0.15) is 18.9 Å². The Morgan fingerprint density at radius 3 is 3.18 bits per heavy atom. The summed E-state index contributed by atoms with van der Waals surface area (Å²) in [7, 11) is 0. The minimum atomic E-state index is 0.450. The van der Waals surface area contributed by atoms with Crippen molar-refractivity contribution in [2.24, 2.45) is 0 Å². The van der Waals surface area contributed by atoms with Crippen LogP contribution < -0.4 is 5.32 Å². The molecule has 2 unspecified atom stereocenters. The lowest BCUT2D eigenvalue weighted by Crippen LogP contribution is -2.22. The van der Waals surface area contributed by atoms with Gasteiger partial charge >= 0.3 is 0 Å². The summed E-state index contributed by atoms with van der Waals surface area (Å²) in [6, 6.07) is 2.21. The molecule has 2 rings (SSSR count). The van der Waals surface area contributed by atoms with Crippen molar-refractivity contribution in [3.8, 4) is 0 Å². The van der Waals surface area contributed by atoms with Crippen molar-refractivity contribution in [1.82, 2.24) is 5.32 Å². The van der Waals surface area contributed by atoms with Gasteiger partial charge in [-0.15, -0.1) is 0 Å². The molecular weight excluding hydrogens is 250 g/mol. The summed E-state index contributed by atoms with van der Waals surface area (Å²) in [6.07, 6.45) is 2.82. The summed E-state index contributed by atoms with van der Waals surface area (Å²) in [5.41, 5.74) is 1.45. The molecule has 0 aromatic carbocycles. The van der Waals surface area contributed by atoms with Crippen molar-refractivity contribution in [2.45, 2.75) is 31.1 Å². The van der Waals surface area contributed by atoms with E-state index in [-0.39, 0.29) is 0 Å². The van der Waals surface area contributed by atoms with E-state index in [4.69, 9.17) is 4.74 Å². The zero-order chi connectivity index (χ0) is 11.9. The number of hydrogen-bond donors (Lipinski definition) is 1. The third-order valence-electron chi connectivity index (χ3n) is 3.09. The van der Waals surface area contributed by atoms with Crippen LogP contribution in [0.2, 0.25) is 0 Å². The van der Waals surface area contributed by atoms with Crippen LogP contribution in [0.5, 0.6) is 0 Å². The molecule has 1 aliphatic rings. The Hall–Kier alpha value is -0.0300. The Labute approximate surface area is 112 Å². The minimum absolute atomic E-state index is 0.450. The van der Waals surface area contributed by atoms with Crippen LogP contribution in [-0.2, 0) is 11.2 Å². The van der Waals surface area contributed by atoms with Gasteiger partial charge in [-0.05, 0) is 48.7 Å². The van der Waals surface area contributed by atoms with E-state index in [1.54, 1.807) is 11.3 Å². The van der Waals surface area contributed by atoms with Gasteiger partial charge in [0.15, 0.2) is 0 Å². The van der Waals surface area contributed by atoms with E-state index in [9.17, 15) is 0 Å². The number of rotatable bonds is 7.